The summed E-state index contributed by atoms with van der Waals surface area (Å²) < 4.78 is 9.90. The first kappa shape index (κ1) is 16.1. The molecule has 0 radical (unpaired) electrons. The zero-order chi connectivity index (χ0) is 14.6. The minimum absolute atomic E-state index is 0.102. The second-order valence-corrected chi connectivity index (χ2v) is 6.70. The van der Waals surface area contributed by atoms with Gasteiger partial charge in [-0.25, -0.2) is 0 Å². The van der Waals surface area contributed by atoms with Crippen LogP contribution in [0.2, 0.25) is 0 Å². The van der Waals surface area contributed by atoms with Crippen molar-refractivity contribution in [2.75, 3.05) is 17.6 Å². The lowest BCUT2D eigenvalue weighted by molar-refractivity contribution is 0.245. The van der Waals surface area contributed by atoms with Crippen LogP contribution < -0.4 is 15.8 Å². The Bertz CT molecular complexity index is 380. The predicted molar refractivity (Wildman–Crippen MR) is 83.9 cm³/mol. The third-order valence-electron chi connectivity index (χ3n) is 3.24. The van der Waals surface area contributed by atoms with Crippen molar-refractivity contribution < 1.29 is 4.74 Å². The quantitative estimate of drug-likeness (QED) is 0.799. The molecule has 5 heteroatoms. The van der Waals surface area contributed by atoms with Gasteiger partial charge in [0, 0.05) is 6.54 Å². The van der Waals surface area contributed by atoms with Crippen LogP contribution in [0.1, 0.15) is 41.5 Å². The second kappa shape index (κ2) is 6.98. The van der Waals surface area contributed by atoms with Crippen LogP contribution in [-0.2, 0) is 0 Å². The Labute approximate surface area is 120 Å². The number of nitrogens with one attached hydrogen (secondary N) is 1. The Kier molecular flexibility index (Phi) is 5.91. The normalized spacial score (nSPS) is 11.9. The molecule has 0 amide bonds. The van der Waals surface area contributed by atoms with E-state index in [1.807, 2.05) is 13.8 Å². The first-order valence-corrected chi connectivity index (χ1v) is 7.75. The molecule has 1 aromatic heterocycles. The molecule has 0 saturated heterocycles. The fraction of sp³-hybridized carbons (Fsp3) is 0.786. The zero-order valence-corrected chi connectivity index (χ0v) is 13.7. The van der Waals surface area contributed by atoms with Crippen molar-refractivity contribution in [3.63, 3.8) is 0 Å². The topological polar surface area (TPSA) is 60.2 Å². The summed E-state index contributed by atoms with van der Waals surface area (Å²) in [7, 11) is 0. The molecule has 0 unspecified atom stereocenters. The van der Waals surface area contributed by atoms with Crippen molar-refractivity contribution in [2.24, 2.45) is 17.8 Å². The van der Waals surface area contributed by atoms with E-state index < -0.39 is 0 Å². The molecule has 110 valence electrons. The molecule has 3 N–H and O–H groups in total. The molecule has 19 heavy (non-hydrogen) atoms. The smallest absolute Gasteiger partial charge is 0.197 e. The highest BCUT2D eigenvalue weighted by atomic mass is 32.1. The molecule has 4 nitrogen and oxygen atoms in total. The standard InChI is InChI=1S/C14H27N3OS/c1-8(2)11(9(3)4)7-16-14-12(18-10(5)6)13(15)17-19-14/h8-11,16H,7H2,1-6H3,(H2,15,17). The van der Waals surface area contributed by atoms with Crippen molar-refractivity contribution in [1.29, 1.82) is 0 Å². The average molecular weight is 285 g/mol. The summed E-state index contributed by atoms with van der Waals surface area (Å²) in [6.07, 6.45) is 0.102. The molecule has 0 saturated carbocycles. The van der Waals surface area contributed by atoms with E-state index in [-0.39, 0.29) is 6.10 Å². The summed E-state index contributed by atoms with van der Waals surface area (Å²) in [6, 6.07) is 0. The number of ether oxygens (including phenoxy) is 1. The fourth-order valence-corrected chi connectivity index (χ4v) is 2.86. The number of hydrogen-bond acceptors (Lipinski definition) is 5. The Morgan fingerprint density at radius 1 is 1.16 bits per heavy atom. The van der Waals surface area contributed by atoms with E-state index in [1.54, 1.807) is 0 Å². The van der Waals surface area contributed by atoms with E-state index in [0.29, 0.717) is 29.3 Å². The Hall–Kier alpha value is -0.970. The SMILES string of the molecule is CC(C)Oc1c(N)nsc1NCC(C(C)C)C(C)C. The van der Waals surface area contributed by atoms with Gasteiger partial charge in [0.1, 0.15) is 0 Å². The third kappa shape index (κ3) is 4.56. The van der Waals surface area contributed by atoms with Crippen molar-refractivity contribution in [2.45, 2.75) is 47.6 Å². The lowest BCUT2D eigenvalue weighted by Gasteiger charge is -2.25. The van der Waals surface area contributed by atoms with Gasteiger partial charge in [-0.05, 0) is 43.1 Å². The third-order valence-corrected chi connectivity index (χ3v) is 4.04. The van der Waals surface area contributed by atoms with E-state index in [1.165, 1.54) is 11.5 Å². The van der Waals surface area contributed by atoms with Gasteiger partial charge in [-0.2, -0.15) is 4.37 Å². The molecule has 1 aromatic rings. The van der Waals surface area contributed by atoms with Gasteiger partial charge in [-0.1, -0.05) is 27.7 Å². The molecule has 0 aromatic carbocycles. The maximum Gasteiger partial charge on any atom is 0.197 e. The second-order valence-electron chi connectivity index (χ2n) is 5.93. The minimum Gasteiger partial charge on any atom is -0.484 e. The lowest BCUT2D eigenvalue weighted by Crippen LogP contribution is -2.24. The van der Waals surface area contributed by atoms with Crippen LogP contribution >= 0.6 is 11.5 Å². The van der Waals surface area contributed by atoms with Crippen molar-refractivity contribution in [1.82, 2.24) is 4.37 Å². The highest BCUT2D eigenvalue weighted by molar-refractivity contribution is 7.11. The number of nitrogen functional groups attached to an aromatic ring is 1. The van der Waals surface area contributed by atoms with Gasteiger partial charge in [-0.3, -0.25) is 0 Å². The molecule has 0 bridgehead atoms. The first-order valence-electron chi connectivity index (χ1n) is 6.98. The van der Waals surface area contributed by atoms with E-state index in [9.17, 15) is 0 Å². The molecule has 0 aliphatic rings. The molecule has 0 aliphatic carbocycles. The highest BCUT2D eigenvalue weighted by Crippen LogP contribution is 2.36. The van der Waals surface area contributed by atoms with Gasteiger partial charge in [0.25, 0.3) is 0 Å². The molecular weight excluding hydrogens is 258 g/mol. The lowest BCUT2D eigenvalue weighted by atomic mass is 9.85. The van der Waals surface area contributed by atoms with Crippen LogP contribution in [-0.4, -0.2) is 17.0 Å². The molecule has 0 aliphatic heterocycles. The van der Waals surface area contributed by atoms with Crippen LogP contribution in [0, 0.1) is 17.8 Å². The van der Waals surface area contributed by atoms with Crippen LogP contribution in [0.25, 0.3) is 0 Å². The summed E-state index contributed by atoms with van der Waals surface area (Å²) in [5.41, 5.74) is 5.85. The number of nitrogens with zero attached hydrogens (tertiary/aromatic N) is 1. The Balaban J connectivity index is 2.72. The van der Waals surface area contributed by atoms with Gasteiger partial charge < -0.3 is 15.8 Å². The molecule has 1 rings (SSSR count). The molecular formula is C14H27N3OS. The number of aromatic nitrogens is 1. The largest absolute Gasteiger partial charge is 0.484 e. The van der Waals surface area contributed by atoms with E-state index >= 15 is 0 Å². The van der Waals surface area contributed by atoms with Crippen LogP contribution in [0.15, 0.2) is 0 Å². The van der Waals surface area contributed by atoms with Gasteiger partial charge >= 0.3 is 0 Å². The molecule has 0 spiro atoms. The Morgan fingerprint density at radius 2 is 1.74 bits per heavy atom. The number of hydrogen-bond donors (Lipinski definition) is 2. The maximum atomic E-state index is 5.85. The summed E-state index contributed by atoms with van der Waals surface area (Å²) in [5.74, 6) is 3.09. The van der Waals surface area contributed by atoms with Gasteiger partial charge in [0.05, 0.1) is 6.10 Å². The number of anilines is 2. The number of rotatable bonds is 7. The first-order chi connectivity index (χ1) is 8.82. The molecule has 1 heterocycles. The maximum absolute atomic E-state index is 5.85. The minimum atomic E-state index is 0.102. The van der Waals surface area contributed by atoms with Gasteiger partial charge in [-0.15, -0.1) is 0 Å². The summed E-state index contributed by atoms with van der Waals surface area (Å²) in [4.78, 5) is 0. The fourth-order valence-electron chi connectivity index (χ4n) is 2.21. The van der Waals surface area contributed by atoms with E-state index in [0.717, 1.165) is 11.5 Å². The summed E-state index contributed by atoms with van der Waals surface area (Å²) >= 11 is 1.37. The predicted octanol–water partition coefficient (Wildman–Crippen LogP) is 3.85. The molecule has 0 atom stereocenters. The highest BCUT2D eigenvalue weighted by Gasteiger charge is 2.20. The van der Waals surface area contributed by atoms with Crippen LogP contribution in [0.4, 0.5) is 10.8 Å². The summed E-state index contributed by atoms with van der Waals surface area (Å²) in [6.45, 7) is 14.0. The van der Waals surface area contributed by atoms with E-state index in [4.69, 9.17) is 10.5 Å². The van der Waals surface area contributed by atoms with Crippen molar-refractivity contribution in [3.8, 4) is 5.75 Å². The number of nitrogens with two attached hydrogens (primary N) is 1. The van der Waals surface area contributed by atoms with Crippen LogP contribution in [0.3, 0.4) is 0 Å². The van der Waals surface area contributed by atoms with Crippen molar-refractivity contribution >= 4 is 22.4 Å². The zero-order valence-electron chi connectivity index (χ0n) is 12.9. The van der Waals surface area contributed by atoms with Gasteiger partial charge in [0.2, 0.25) is 0 Å². The summed E-state index contributed by atoms with van der Waals surface area (Å²) in [5, 5.41) is 4.40. The van der Waals surface area contributed by atoms with Gasteiger partial charge in [0.15, 0.2) is 16.6 Å². The molecule has 0 fully saturated rings. The average Bonchev–Trinajstić information content (AvgIpc) is 2.60. The monoisotopic (exact) mass is 285 g/mol. The van der Waals surface area contributed by atoms with Crippen LogP contribution in [0.5, 0.6) is 5.75 Å². The van der Waals surface area contributed by atoms with Crippen molar-refractivity contribution in [3.05, 3.63) is 0 Å². The van der Waals surface area contributed by atoms with E-state index in [2.05, 4.69) is 37.4 Å². The Morgan fingerprint density at radius 3 is 2.21 bits per heavy atom.